The number of anilines is 2. The van der Waals surface area contributed by atoms with Crippen molar-refractivity contribution in [3.8, 4) is 0 Å². The van der Waals surface area contributed by atoms with Crippen LogP contribution >= 0.6 is 11.3 Å². The van der Waals surface area contributed by atoms with Crippen molar-refractivity contribution in [3.05, 3.63) is 44.1 Å². The predicted octanol–water partition coefficient (Wildman–Crippen LogP) is 3.22. The molecule has 0 spiro atoms. The fourth-order valence-corrected chi connectivity index (χ4v) is 3.67. The van der Waals surface area contributed by atoms with Gasteiger partial charge in [0.25, 0.3) is 5.69 Å². The lowest BCUT2D eigenvalue weighted by Gasteiger charge is -2.34. The zero-order valence-corrected chi connectivity index (χ0v) is 12.7. The molecular weight excluding hydrogens is 288 g/mol. The average molecular weight is 304 g/mol. The molecular formula is C14H16N4O2S. The van der Waals surface area contributed by atoms with Crippen molar-refractivity contribution in [1.29, 1.82) is 0 Å². The van der Waals surface area contributed by atoms with Crippen LogP contribution in [0.1, 0.15) is 23.4 Å². The fourth-order valence-electron chi connectivity index (χ4n) is 2.71. The number of nitrogens with one attached hydrogen (secondary N) is 1. The molecule has 0 radical (unpaired) electrons. The van der Waals surface area contributed by atoms with Crippen molar-refractivity contribution in [2.45, 2.75) is 19.4 Å². The monoisotopic (exact) mass is 304 g/mol. The lowest BCUT2D eigenvalue weighted by molar-refractivity contribution is -0.384. The van der Waals surface area contributed by atoms with Crippen molar-refractivity contribution >= 4 is 28.7 Å². The fraction of sp³-hybridized carbons (Fsp3) is 0.357. The van der Waals surface area contributed by atoms with E-state index in [0.29, 0.717) is 11.6 Å². The molecule has 1 N–H and O–H groups in total. The lowest BCUT2D eigenvalue weighted by atomic mass is 10.0. The van der Waals surface area contributed by atoms with Gasteiger partial charge in [0.15, 0.2) is 0 Å². The molecule has 0 fully saturated rings. The number of nitro groups is 1. The molecule has 7 heteroatoms. The maximum atomic E-state index is 11.1. The van der Waals surface area contributed by atoms with Gasteiger partial charge in [-0.1, -0.05) is 0 Å². The molecule has 0 saturated heterocycles. The summed E-state index contributed by atoms with van der Waals surface area (Å²) in [7, 11) is 1.71. The summed E-state index contributed by atoms with van der Waals surface area (Å²) in [6.45, 7) is 2.94. The highest BCUT2D eigenvalue weighted by Crippen LogP contribution is 2.36. The van der Waals surface area contributed by atoms with E-state index in [0.717, 1.165) is 13.0 Å². The van der Waals surface area contributed by atoms with Crippen LogP contribution in [0, 0.1) is 10.1 Å². The number of fused-ring (bicyclic) bond motifs is 1. The van der Waals surface area contributed by atoms with Crippen LogP contribution in [0.15, 0.2) is 23.6 Å². The van der Waals surface area contributed by atoms with Crippen LogP contribution in [0.5, 0.6) is 0 Å². The van der Waals surface area contributed by atoms with E-state index in [1.807, 2.05) is 0 Å². The molecule has 3 rings (SSSR count). The molecule has 1 aliphatic rings. The van der Waals surface area contributed by atoms with E-state index >= 15 is 0 Å². The molecule has 0 bridgehead atoms. The molecule has 0 saturated carbocycles. The third-order valence-electron chi connectivity index (χ3n) is 3.84. The first kappa shape index (κ1) is 13.8. The van der Waals surface area contributed by atoms with Gasteiger partial charge in [-0.25, -0.2) is 4.98 Å². The molecule has 1 aliphatic heterocycles. The zero-order chi connectivity index (χ0) is 15.0. The highest BCUT2D eigenvalue weighted by atomic mass is 32.1. The smallest absolute Gasteiger partial charge is 0.276 e. The highest BCUT2D eigenvalue weighted by molar-refractivity contribution is 7.10. The lowest BCUT2D eigenvalue weighted by Crippen LogP contribution is -2.33. The van der Waals surface area contributed by atoms with E-state index in [9.17, 15) is 10.1 Å². The molecule has 3 heterocycles. The molecule has 110 valence electrons. The summed E-state index contributed by atoms with van der Waals surface area (Å²) in [4.78, 5) is 18.7. The van der Waals surface area contributed by atoms with E-state index in [1.54, 1.807) is 24.5 Å². The van der Waals surface area contributed by atoms with Gasteiger partial charge < -0.3 is 10.2 Å². The predicted molar refractivity (Wildman–Crippen MR) is 84.2 cm³/mol. The summed E-state index contributed by atoms with van der Waals surface area (Å²) in [5.41, 5.74) is 1.36. The first-order valence-corrected chi connectivity index (χ1v) is 7.65. The van der Waals surface area contributed by atoms with E-state index in [1.165, 1.54) is 16.5 Å². The Kier molecular flexibility index (Phi) is 3.50. The number of aromatic nitrogens is 1. The Hall–Kier alpha value is -2.15. The van der Waals surface area contributed by atoms with Crippen LogP contribution in [0.25, 0.3) is 0 Å². The summed E-state index contributed by atoms with van der Waals surface area (Å²) < 4.78 is 0. The van der Waals surface area contributed by atoms with Crippen molar-refractivity contribution in [2.75, 3.05) is 23.8 Å². The molecule has 0 aromatic carbocycles. The second kappa shape index (κ2) is 5.33. The molecule has 6 nitrogen and oxygen atoms in total. The second-order valence-corrected chi connectivity index (χ2v) is 6.00. The number of thiophene rings is 1. The SMILES string of the molecule is CNc1cc([N+](=O)[O-])cc(N2CCc3sccc3C2C)n1. The van der Waals surface area contributed by atoms with E-state index in [-0.39, 0.29) is 16.7 Å². The summed E-state index contributed by atoms with van der Waals surface area (Å²) in [5, 5.41) is 16.1. The molecule has 0 aliphatic carbocycles. The Bertz CT molecular complexity index is 685. The van der Waals surface area contributed by atoms with Crippen LogP contribution < -0.4 is 10.2 Å². The van der Waals surface area contributed by atoms with Crippen LogP contribution in [-0.2, 0) is 6.42 Å². The zero-order valence-electron chi connectivity index (χ0n) is 11.9. The number of hydrogen-bond acceptors (Lipinski definition) is 6. The maximum absolute atomic E-state index is 11.1. The van der Waals surface area contributed by atoms with Crippen molar-refractivity contribution in [1.82, 2.24) is 4.98 Å². The van der Waals surface area contributed by atoms with E-state index in [4.69, 9.17) is 0 Å². The van der Waals surface area contributed by atoms with Crippen molar-refractivity contribution in [2.24, 2.45) is 0 Å². The number of nitrogens with zero attached hydrogens (tertiary/aromatic N) is 3. The first-order chi connectivity index (χ1) is 10.1. The maximum Gasteiger partial charge on any atom is 0.276 e. The van der Waals surface area contributed by atoms with Crippen LogP contribution in [0.4, 0.5) is 17.3 Å². The van der Waals surface area contributed by atoms with Gasteiger partial charge in [-0.2, -0.15) is 0 Å². The van der Waals surface area contributed by atoms with Crippen molar-refractivity contribution in [3.63, 3.8) is 0 Å². The molecule has 2 aromatic rings. The first-order valence-electron chi connectivity index (χ1n) is 6.77. The second-order valence-electron chi connectivity index (χ2n) is 4.99. The molecule has 1 atom stereocenters. The van der Waals surface area contributed by atoms with Gasteiger partial charge in [0, 0.05) is 18.5 Å². The third kappa shape index (κ3) is 2.44. The third-order valence-corrected chi connectivity index (χ3v) is 4.83. The highest BCUT2D eigenvalue weighted by Gasteiger charge is 2.27. The minimum atomic E-state index is -0.378. The summed E-state index contributed by atoms with van der Waals surface area (Å²) in [5.74, 6) is 1.17. The van der Waals surface area contributed by atoms with Crippen molar-refractivity contribution < 1.29 is 4.92 Å². The van der Waals surface area contributed by atoms with Gasteiger partial charge in [-0.15, -0.1) is 11.3 Å². The molecule has 21 heavy (non-hydrogen) atoms. The standard InChI is InChI=1S/C14H16N4O2S/c1-9-11-4-6-21-12(11)3-5-17(9)14-8-10(18(19)20)7-13(15-2)16-14/h4,6-9H,3,5H2,1-2H3,(H,15,16). The normalized spacial score (nSPS) is 17.4. The number of pyridine rings is 1. The Labute approximate surface area is 126 Å². The van der Waals surface area contributed by atoms with Gasteiger partial charge in [-0.05, 0) is 30.4 Å². The van der Waals surface area contributed by atoms with E-state index < -0.39 is 0 Å². The van der Waals surface area contributed by atoms with Crippen LogP contribution in [-0.4, -0.2) is 23.5 Å². The van der Waals surface area contributed by atoms with E-state index in [2.05, 4.69) is 33.6 Å². The molecule has 0 amide bonds. The van der Waals surface area contributed by atoms with Crippen LogP contribution in [0.3, 0.4) is 0 Å². The minimum Gasteiger partial charge on any atom is -0.373 e. The van der Waals surface area contributed by atoms with Gasteiger partial charge in [0.05, 0.1) is 23.1 Å². The Morgan fingerprint density at radius 1 is 1.52 bits per heavy atom. The minimum absolute atomic E-state index is 0.0627. The topological polar surface area (TPSA) is 71.3 Å². The average Bonchev–Trinajstić information content (AvgIpc) is 2.96. The summed E-state index contributed by atoms with van der Waals surface area (Å²) >= 11 is 1.77. The quantitative estimate of drug-likeness (QED) is 0.696. The summed E-state index contributed by atoms with van der Waals surface area (Å²) in [6, 6.07) is 5.31. The molecule has 1 unspecified atom stereocenters. The number of hydrogen-bond donors (Lipinski definition) is 1. The van der Waals surface area contributed by atoms with Gasteiger partial charge in [0.2, 0.25) is 0 Å². The molecule has 2 aromatic heterocycles. The Balaban J connectivity index is 2.01. The number of rotatable bonds is 3. The largest absolute Gasteiger partial charge is 0.373 e. The Morgan fingerprint density at radius 3 is 3.05 bits per heavy atom. The van der Waals surface area contributed by atoms with Gasteiger partial charge in [0.1, 0.15) is 11.6 Å². The van der Waals surface area contributed by atoms with Crippen LogP contribution in [0.2, 0.25) is 0 Å². The Morgan fingerprint density at radius 2 is 2.33 bits per heavy atom. The van der Waals surface area contributed by atoms with Gasteiger partial charge in [-0.3, -0.25) is 10.1 Å². The summed E-state index contributed by atoms with van der Waals surface area (Å²) in [6.07, 6.45) is 0.955. The van der Waals surface area contributed by atoms with Gasteiger partial charge >= 0.3 is 0 Å².